The van der Waals surface area contributed by atoms with Crippen LogP contribution in [0.15, 0.2) is 47.4 Å². The first-order valence-electron chi connectivity index (χ1n) is 10.3. The molecule has 0 radical (unpaired) electrons. The van der Waals surface area contributed by atoms with Crippen LogP contribution in [0.2, 0.25) is 0 Å². The Balaban J connectivity index is 1.61. The van der Waals surface area contributed by atoms with E-state index in [9.17, 15) is 28.1 Å². The fourth-order valence-electron chi connectivity index (χ4n) is 3.55. The van der Waals surface area contributed by atoms with E-state index in [1.54, 1.807) is 31.2 Å². The highest BCUT2D eigenvalue weighted by Crippen LogP contribution is 2.29. The largest absolute Gasteiger partial charge is 0.341 e. The number of urea groups is 1. The molecule has 12 heteroatoms. The molecular formula is C21H25N5O6S. The smallest absolute Gasteiger partial charge is 0.318 e. The Morgan fingerprint density at radius 1 is 1.03 bits per heavy atom. The molecule has 2 aromatic carbocycles. The van der Waals surface area contributed by atoms with Crippen molar-refractivity contribution in [3.05, 3.63) is 58.1 Å². The van der Waals surface area contributed by atoms with Crippen LogP contribution >= 0.6 is 0 Å². The predicted molar refractivity (Wildman–Crippen MR) is 122 cm³/mol. The van der Waals surface area contributed by atoms with E-state index in [4.69, 9.17) is 0 Å². The van der Waals surface area contributed by atoms with Gasteiger partial charge in [-0.2, -0.15) is 4.31 Å². The number of nitro groups is 1. The molecule has 11 nitrogen and oxygen atoms in total. The molecule has 0 unspecified atom stereocenters. The van der Waals surface area contributed by atoms with Crippen molar-refractivity contribution < 1.29 is 22.9 Å². The van der Waals surface area contributed by atoms with E-state index in [0.717, 1.165) is 6.07 Å². The van der Waals surface area contributed by atoms with Crippen molar-refractivity contribution in [1.29, 1.82) is 0 Å². The second-order valence-corrected chi connectivity index (χ2v) is 9.56. The molecule has 1 fully saturated rings. The normalized spacial score (nSPS) is 15.0. The summed E-state index contributed by atoms with van der Waals surface area (Å²) in [5.41, 5.74) is 1.27. The lowest BCUT2D eigenvalue weighted by atomic mass is 9.97. The van der Waals surface area contributed by atoms with Gasteiger partial charge in [-0.1, -0.05) is 6.07 Å². The number of hydrogen-bond acceptors (Lipinski definition) is 6. The number of hydrogen-bond donors (Lipinski definition) is 3. The quantitative estimate of drug-likeness (QED) is 0.432. The van der Waals surface area contributed by atoms with Gasteiger partial charge in [0.1, 0.15) is 0 Å². The first-order valence-corrected chi connectivity index (χ1v) is 11.7. The maximum Gasteiger partial charge on any atom is 0.318 e. The Morgan fingerprint density at radius 2 is 1.61 bits per heavy atom. The fraction of sp³-hybridized carbons (Fsp3) is 0.333. The molecule has 3 amide bonds. The molecule has 3 N–H and O–H groups in total. The van der Waals surface area contributed by atoms with E-state index in [0.29, 0.717) is 29.8 Å². The summed E-state index contributed by atoms with van der Waals surface area (Å²) in [6, 6.07) is 10.0. The van der Waals surface area contributed by atoms with Crippen LogP contribution < -0.4 is 16.0 Å². The number of anilines is 2. The molecule has 176 valence electrons. The number of aryl methyl sites for hydroxylation is 1. The van der Waals surface area contributed by atoms with Crippen LogP contribution in [0.4, 0.5) is 21.9 Å². The second-order valence-electron chi connectivity index (χ2n) is 7.66. The van der Waals surface area contributed by atoms with Gasteiger partial charge in [-0.15, -0.1) is 0 Å². The maximum absolute atomic E-state index is 13.0. The number of non-ortho nitro benzene ring substituents is 1. The molecule has 0 bridgehead atoms. The zero-order chi connectivity index (χ0) is 24.2. The summed E-state index contributed by atoms with van der Waals surface area (Å²) in [6.45, 7) is 1.86. The number of piperidine rings is 1. The molecule has 0 aromatic heterocycles. The zero-order valence-electron chi connectivity index (χ0n) is 18.2. The Labute approximate surface area is 191 Å². The van der Waals surface area contributed by atoms with Crippen molar-refractivity contribution in [1.82, 2.24) is 9.62 Å². The summed E-state index contributed by atoms with van der Waals surface area (Å²) in [5.74, 6) is -0.586. The van der Waals surface area contributed by atoms with Gasteiger partial charge in [0, 0.05) is 49.6 Å². The lowest BCUT2D eigenvalue weighted by molar-refractivity contribution is -0.385. The van der Waals surface area contributed by atoms with Crippen molar-refractivity contribution in [2.24, 2.45) is 5.92 Å². The standard InChI is InChI=1S/C21H25N5O6S/c1-14-3-8-18(26(29)30)13-19(14)33(31,32)25-11-9-15(10-12-25)20(27)23-16-4-6-17(7-5-16)24-21(28)22-2/h3-8,13,15H,9-12H2,1-2H3,(H,23,27)(H2,22,24,28). The topological polar surface area (TPSA) is 151 Å². The molecule has 1 aliphatic rings. The Bertz CT molecular complexity index is 1160. The van der Waals surface area contributed by atoms with Gasteiger partial charge < -0.3 is 16.0 Å². The van der Waals surface area contributed by atoms with E-state index in [2.05, 4.69) is 16.0 Å². The van der Waals surface area contributed by atoms with Crippen molar-refractivity contribution in [3.63, 3.8) is 0 Å². The summed E-state index contributed by atoms with van der Waals surface area (Å²) < 4.78 is 27.4. The number of rotatable bonds is 6. The van der Waals surface area contributed by atoms with Crippen LogP contribution in [0.5, 0.6) is 0 Å². The first kappa shape index (κ1) is 24.1. The van der Waals surface area contributed by atoms with Gasteiger partial charge in [-0.05, 0) is 49.6 Å². The SMILES string of the molecule is CNC(=O)Nc1ccc(NC(=O)C2CCN(S(=O)(=O)c3cc([N+](=O)[O-])ccc3C)CC2)cc1. The summed E-state index contributed by atoms with van der Waals surface area (Å²) in [7, 11) is -2.41. The molecule has 1 heterocycles. The molecule has 2 aromatic rings. The highest BCUT2D eigenvalue weighted by molar-refractivity contribution is 7.89. The van der Waals surface area contributed by atoms with Crippen molar-refractivity contribution >= 4 is 39.0 Å². The van der Waals surface area contributed by atoms with Gasteiger partial charge in [0.05, 0.1) is 9.82 Å². The molecule has 1 saturated heterocycles. The van der Waals surface area contributed by atoms with Gasteiger partial charge >= 0.3 is 6.03 Å². The van der Waals surface area contributed by atoms with Crippen molar-refractivity contribution in [3.8, 4) is 0 Å². The number of carbonyl (C=O) groups excluding carboxylic acids is 2. The first-order chi connectivity index (χ1) is 15.6. The maximum atomic E-state index is 13.0. The van der Waals surface area contributed by atoms with E-state index < -0.39 is 14.9 Å². The average Bonchev–Trinajstić information content (AvgIpc) is 2.80. The zero-order valence-corrected chi connectivity index (χ0v) is 19.0. The minimum absolute atomic E-state index is 0.0925. The van der Waals surface area contributed by atoms with Gasteiger partial charge in [0.15, 0.2) is 0 Å². The lowest BCUT2D eigenvalue weighted by Gasteiger charge is -2.30. The number of carbonyl (C=O) groups is 2. The van der Waals surface area contributed by atoms with Crippen molar-refractivity contribution in [2.45, 2.75) is 24.7 Å². The molecule has 1 aliphatic heterocycles. The van der Waals surface area contributed by atoms with E-state index in [-0.39, 0.29) is 41.5 Å². The Hall–Kier alpha value is -3.51. The number of nitrogens with one attached hydrogen (secondary N) is 3. The number of sulfonamides is 1. The Kier molecular flexibility index (Phi) is 7.29. The van der Waals surface area contributed by atoms with Crippen LogP contribution in [0, 0.1) is 23.0 Å². The van der Waals surface area contributed by atoms with Crippen LogP contribution in [0.1, 0.15) is 18.4 Å². The lowest BCUT2D eigenvalue weighted by Crippen LogP contribution is -2.41. The summed E-state index contributed by atoms with van der Waals surface area (Å²) in [5, 5.41) is 18.9. The minimum atomic E-state index is -3.92. The van der Waals surface area contributed by atoms with Gasteiger partial charge in [0.2, 0.25) is 15.9 Å². The number of amides is 3. The summed E-state index contributed by atoms with van der Waals surface area (Å²) in [6.07, 6.45) is 0.657. The molecule has 0 spiro atoms. The number of benzene rings is 2. The molecule has 0 saturated carbocycles. The molecule has 3 rings (SSSR count). The van der Waals surface area contributed by atoms with Crippen molar-refractivity contribution in [2.75, 3.05) is 30.8 Å². The second kappa shape index (κ2) is 9.96. The van der Waals surface area contributed by atoms with Crippen LogP contribution in [0.25, 0.3) is 0 Å². The number of nitro benzene ring substituents is 1. The van der Waals surface area contributed by atoms with E-state index in [1.807, 2.05) is 0 Å². The van der Waals surface area contributed by atoms with Gasteiger partial charge in [0.25, 0.3) is 5.69 Å². The number of nitrogens with zero attached hydrogens (tertiary/aromatic N) is 2. The van der Waals surface area contributed by atoms with E-state index >= 15 is 0 Å². The molecule has 0 atom stereocenters. The molecular weight excluding hydrogens is 450 g/mol. The third-order valence-electron chi connectivity index (χ3n) is 5.46. The van der Waals surface area contributed by atoms with Gasteiger partial charge in [-0.3, -0.25) is 14.9 Å². The monoisotopic (exact) mass is 475 g/mol. The third kappa shape index (κ3) is 5.65. The van der Waals surface area contributed by atoms with Crippen LogP contribution in [0.3, 0.4) is 0 Å². The Morgan fingerprint density at radius 3 is 2.15 bits per heavy atom. The minimum Gasteiger partial charge on any atom is -0.341 e. The van der Waals surface area contributed by atoms with Gasteiger partial charge in [-0.25, -0.2) is 13.2 Å². The van der Waals surface area contributed by atoms with E-state index in [1.165, 1.54) is 23.5 Å². The molecule has 0 aliphatic carbocycles. The fourth-order valence-corrected chi connectivity index (χ4v) is 5.27. The predicted octanol–water partition coefficient (Wildman–Crippen LogP) is 2.69. The highest BCUT2D eigenvalue weighted by Gasteiger charge is 2.33. The highest BCUT2D eigenvalue weighted by atomic mass is 32.2. The van der Waals surface area contributed by atoms with Crippen LogP contribution in [-0.4, -0.2) is 49.7 Å². The average molecular weight is 476 g/mol. The molecule has 33 heavy (non-hydrogen) atoms. The summed E-state index contributed by atoms with van der Waals surface area (Å²) >= 11 is 0. The summed E-state index contributed by atoms with van der Waals surface area (Å²) in [4.78, 5) is 34.3. The van der Waals surface area contributed by atoms with Crippen LogP contribution in [-0.2, 0) is 14.8 Å². The third-order valence-corrected chi connectivity index (χ3v) is 7.50.